The van der Waals surface area contributed by atoms with Crippen LogP contribution in [0.4, 0.5) is 0 Å². The SMILES string of the molecule is Cc1ccc(Cc2nc3c(c(=O)[nH]2)CN(C(=O)CC(C)(C)C)CC3)cc1. The van der Waals surface area contributed by atoms with Gasteiger partial charge in [-0.1, -0.05) is 50.6 Å². The molecule has 1 aromatic heterocycles. The number of rotatable bonds is 3. The quantitative estimate of drug-likeness (QED) is 0.922. The van der Waals surface area contributed by atoms with Crippen LogP contribution in [0.25, 0.3) is 0 Å². The van der Waals surface area contributed by atoms with E-state index in [1.165, 1.54) is 5.56 Å². The van der Waals surface area contributed by atoms with E-state index in [0.29, 0.717) is 43.7 Å². The summed E-state index contributed by atoms with van der Waals surface area (Å²) in [5.41, 5.74) is 3.62. The van der Waals surface area contributed by atoms with Crippen molar-refractivity contribution in [3.63, 3.8) is 0 Å². The number of aromatic nitrogens is 2. The molecule has 5 nitrogen and oxygen atoms in total. The second-order valence-corrected chi connectivity index (χ2v) is 8.40. The number of aromatic amines is 1. The smallest absolute Gasteiger partial charge is 0.256 e. The van der Waals surface area contributed by atoms with E-state index in [2.05, 4.69) is 61.9 Å². The van der Waals surface area contributed by atoms with Crippen LogP contribution in [0.2, 0.25) is 0 Å². The van der Waals surface area contributed by atoms with E-state index in [0.717, 1.165) is 11.3 Å². The van der Waals surface area contributed by atoms with Gasteiger partial charge in [0.1, 0.15) is 5.82 Å². The van der Waals surface area contributed by atoms with Crippen molar-refractivity contribution < 1.29 is 4.79 Å². The molecule has 1 aliphatic rings. The summed E-state index contributed by atoms with van der Waals surface area (Å²) in [4.78, 5) is 34.4. The monoisotopic (exact) mass is 353 g/mol. The van der Waals surface area contributed by atoms with E-state index >= 15 is 0 Å². The average Bonchev–Trinajstić information content (AvgIpc) is 2.55. The van der Waals surface area contributed by atoms with Gasteiger partial charge >= 0.3 is 0 Å². The summed E-state index contributed by atoms with van der Waals surface area (Å²) in [7, 11) is 0. The van der Waals surface area contributed by atoms with E-state index in [1.807, 2.05) is 0 Å². The minimum atomic E-state index is -0.120. The minimum Gasteiger partial charge on any atom is -0.338 e. The topological polar surface area (TPSA) is 66.1 Å². The minimum absolute atomic E-state index is 0.0556. The zero-order valence-corrected chi connectivity index (χ0v) is 16.1. The first kappa shape index (κ1) is 18.4. The first-order valence-corrected chi connectivity index (χ1v) is 9.15. The third kappa shape index (κ3) is 4.40. The Kier molecular flexibility index (Phi) is 4.99. The molecule has 2 aromatic rings. The van der Waals surface area contributed by atoms with Gasteiger partial charge in [0.15, 0.2) is 0 Å². The molecule has 0 bridgehead atoms. The molecule has 0 fully saturated rings. The first-order chi connectivity index (χ1) is 12.2. The highest BCUT2D eigenvalue weighted by Gasteiger charge is 2.27. The number of hydrogen-bond donors (Lipinski definition) is 1. The predicted octanol–water partition coefficient (Wildman–Crippen LogP) is 2.99. The largest absolute Gasteiger partial charge is 0.338 e. The fraction of sp³-hybridized carbons (Fsp3) is 0.476. The summed E-state index contributed by atoms with van der Waals surface area (Å²) in [5.74, 6) is 0.790. The molecule has 0 spiro atoms. The van der Waals surface area contributed by atoms with Crippen molar-refractivity contribution in [2.45, 2.75) is 53.5 Å². The Hall–Kier alpha value is -2.43. The number of carbonyl (C=O) groups excluding carboxylic acids is 1. The highest BCUT2D eigenvalue weighted by atomic mass is 16.2. The molecule has 1 N–H and O–H groups in total. The lowest BCUT2D eigenvalue weighted by Crippen LogP contribution is -2.41. The van der Waals surface area contributed by atoms with Gasteiger partial charge in [-0.2, -0.15) is 0 Å². The normalized spacial score (nSPS) is 14.2. The van der Waals surface area contributed by atoms with Gasteiger partial charge < -0.3 is 9.88 Å². The van der Waals surface area contributed by atoms with E-state index in [-0.39, 0.29) is 16.9 Å². The van der Waals surface area contributed by atoms with Gasteiger partial charge in [-0.15, -0.1) is 0 Å². The molecular weight excluding hydrogens is 326 g/mol. The van der Waals surface area contributed by atoms with E-state index in [9.17, 15) is 9.59 Å². The van der Waals surface area contributed by atoms with Crippen molar-refractivity contribution in [3.8, 4) is 0 Å². The van der Waals surface area contributed by atoms with Crippen molar-refractivity contribution in [2.24, 2.45) is 5.41 Å². The summed E-state index contributed by atoms with van der Waals surface area (Å²) in [6.07, 6.45) is 1.73. The van der Waals surface area contributed by atoms with E-state index in [1.54, 1.807) is 4.90 Å². The summed E-state index contributed by atoms with van der Waals surface area (Å²) in [6.45, 7) is 9.19. The van der Waals surface area contributed by atoms with Gasteiger partial charge in [0.25, 0.3) is 5.56 Å². The van der Waals surface area contributed by atoms with E-state index < -0.39 is 0 Å². The molecule has 1 aliphatic heterocycles. The molecule has 0 atom stereocenters. The third-order valence-electron chi connectivity index (χ3n) is 4.64. The second-order valence-electron chi connectivity index (χ2n) is 8.40. The molecule has 26 heavy (non-hydrogen) atoms. The Balaban J connectivity index is 1.77. The number of hydrogen-bond acceptors (Lipinski definition) is 3. The summed E-state index contributed by atoms with van der Waals surface area (Å²) in [6, 6.07) is 8.23. The van der Waals surface area contributed by atoms with Crippen LogP contribution in [0.15, 0.2) is 29.1 Å². The maximum atomic E-state index is 12.5. The molecule has 0 unspecified atom stereocenters. The van der Waals surface area contributed by atoms with Gasteiger partial charge in [-0.05, 0) is 17.9 Å². The van der Waals surface area contributed by atoms with Crippen molar-refractivity contribution in [1.29, 1.82) is 0 Å². The van der Waals surface area contributed by atoms with Gasteiger partial charge in [-0.25, -0.2) is 4.98 Å². The summed E-state index contributed by atoms with van der Waals surface area (Å²) < 4.78 is 0. The Morgan fingerprint density at radius 2 is 1.92 bits per heavy atom. The van der Waals surface area contributed by atoms with Crippen molar-refractivity contribution in [2.75, 3.05) is 6.54 Å². The first-order valence-electron chi connectivity index (χ1n) is 9.15. The molecule has 0 radical (unpaired) electrons. The molecule has 0 aliphatic carbocycles. The molecule has 1 amide bonds. The maximum absolute atomic E-state index is 12.5. The lowest BCUT2D eigenvalue weighted by molar-refractivity contribution is -0.134. The third-order valence-corrected chi connectivity index (χ3v) is 4.64. The maximum Gasteiger partial charge on any atom is 0.256 e. The average molecular weight is 353 g/mol. The number of nitrogens with one attached hydrogen (secondary N) is 1. The Morgan fingerprint density at radius 1 is 1.23 bits per heavy atom. The van der Waals surface area contributed by atoms with Crippen LogP contribution in [-0.2, 0) is 24.2 Å². The van der Waals surface area contributed by atoms with Crippen molar-refractivity contribution in [3.05, 3.63) is 62.8 Å². The zero-order chi connectivity index (χ0) is 18.9. The lowest BCUT2D eigenvalue weighted by atomic mass is 9.91. The fourth-order valence-electron chi connectivity index (χ4n) is 3.24. The zero-order valence-electron chi connectivity index (χ0n) is 16.1. The van der Waals surface area contributed by atoms with Crippen LogP contribution in [0.5, 0.6) is 0 Å². The highest BCUT2D eigenvalue weighted by molar-refractivity contribution is 5.77. The number of H-pyrrole nitrogens is 1. The molecule has 1 aromatic carbocycles. The van der Waals surface area contributed by atoms with Gasteiger partial charge in [-0.3, -0.25) is 9.59 Å². The number of fused-ring (bicyclic) bond motifs is 1. The number of amides is 1. The molecule has 5 heteroatoms. The van der Waals surface area contributed by atoms with Crippen LogP contribution >= 0.6 is 0 Å². The van der Waals surface area contributed by atoms with Gasteiger partial charge in [0.2, 0.25) is 5.91 Å². The standard InChI is InChI=1S/C21H27N3O2/c1-14-5-7-15(8-6-14)11-18-22-17-9-10-24(13-16(17)20(26)23-18)19(25)12-21(2,3)4/h5-8H,9-13H2,1-4H3,(H,22,23,26). The predicted molar refractivity (Wildman–Crippen MR) is 102 cm³/mol. The van der Waals surface area contributed by atoms with Gasteiger partial charge in [0.05, 0.1) is 17.8 Å². The summed E-state index contributed by atoms with van der Waals surface area (Å²) >= 11 is 0. The van der Waals surface area contributed by atoms with Crippen molar-refractivity contribution in [1.82, 2.24) is 14.9 Å². The number of aryl methyl sites for hydroxylation is 1. The molecule has 0 saturated carbocycles. The number of nitrogens with zero attached hydrogens (tertiary/aromatic N) is 2. The lowest BCUT2D eigenvalue weighted by Gasteiger charge is -2.30. The highest BCUT2D eigenvalue weighted by Crippen LogP contribution is 2.22. The number of carbonyl (C=O) groups is 1. The Bertz CT molecular complexity index is 860. The molecule has 2 heterocycles. The number of benzene rings is 1. The molecular formula is C21H27N3O2. The van der Waals surface area contributed by atoms with Crippen LogP contribution < -0.4 is 5.56 Å². The Labute approximate surface area is 154 Å². The van der Waals surface area contributed by atoms with Crippen LogP contribution in [0.3, 0.4) is 0 Å². The Morgan fingerprint density at radius 3 is 2.58 bits per heavy atom. The van der Waals surface area contributed by atoms with E-state index in [4.69, 9.17) is 0 Å². The fourth-order valence-corrected chi connectivity index (χ4v) is 3.24. The van der Waals surface area contributed by atoms with Crippen LogP contribution in [-0.4, -0.2) is 27.3 Å². The summed E-state index contributed by atoms with van der Waals surface area (Å²) in [5, 5.41) is 0. The van der Waals surface area contributed by atoms with Crippen LogP contribution in [0.1, 0.15) is 55.4 Å². The molecule has 138 valence electrons. The van der Waals surface area contributed by atoms with Gasteiger partial charge in [0, 0.05) is 25.8 Å². The molecule has 0 saturated heterocycles. The second kappa shape index (κ2) is 7.06. The van der Waals surface area contributed by atoms with Crippen LogP contribution in [0, 0.1) is 12.3 Å². The molecule has 3 rings (SSSR count). The van der Waals surface area contributed by atoms with Crippen molar-refractivity contribution >= 4 is 5.91 Å².